The predicted octanol–water partition coefficient (Wildman–Crippen LogP) is 1.76. The van der Waals surface area contributed by atoms with Crippen molar-refractivity contribution in [3.05, 3.63) is 41.5 Å². The van der Waals surface area contributed by atoms with Gasteiger partial charge >= 0.3 is 0 Å². The summed E-state index contributed by atoms with van der Waals surface area (Å²) >= 11 is 0. The van der Waals surface area contributed by atoms with Gasteiger partial charge in [-0.3, -0.25) is 0 Å². The van der Waals surface area contributed by atoms with Crippen LogP contribution >= 0.6 is 0 Å². The first-order valence-corrected chi connectivity index (χ1v) is 4.61. The number of benzene rings is 1. The maximum absolute atomic E-state index is 8.79. The smallest absolute Gasteiger partial charge is 0.148 e. The Hall–Kier alpha value is -2.15. The van der Waals surface area contributed by atoms with Crippen molar-refractivity contribution in [2.45, 2.75) is 13.8 Å². The molecule has 0 saturated carbocycles. The highest BCUT2D eigenvalue weighted by Crippen LogP contribution is 2.11. The third kappa shape index (κ3) is 1.72. The maximum Gasteiger partial charge on any atom is 0.148 e. The highest BCUT2D eigenvalue weighted by atomic mass is 15.3. The van der Waals surface area contributed by atoms with Gasteiger partial charge in [-0.2, -0.15) is 10.4 Å². The summed E-state index contributed by atoms with van der Waals surface area (Å²) in [6, 6.07) is 9.40. The number of nitrogens with zero attached hydrogens (tertiary/aromatic N) is 4. The van der Waals surface area contributed by atoms with E-state index in [1.807, 2.05) is 26.0 Å². The van der Waals surface area contributed by atoms with Crippen molar-refractivity contribution in [2.24, 2.45) is 0 Å². The first-order chi connectivity index (χ1) is 7.20. The third-order valence-electron chi connectivity index (χ3n) is 2.09. The molecule has 0 saturated heterocycles. The van der Waals surface area contributed by atoms with Crippen LogP contribution in [0.15, 0.2) is 24.3 Å². The first kappa shape index (κ1) is 9.41. The summed E-state index contributed by atoms with van der Waals surface area (Å²) in [5, 5.41) is 13.0. The third-order valence-corrected chi connectivity index (χ3v) is 2.09. The Balaban J connectivity index is 2.55. The summed E-state index contributed by atoms with van der Waals surface area (Å²) in [7, 11) is 0. The average Bonchev–Trinajstić information content (AvgIpc) is 2.58. The molecule has 0 amide bonds. The van der Waals surface area contributed by atoms with Gasteiger partial charge in [0.2, 0.25) is 0 Å². The molecule has 1 aromatic heterocycles. The molecule has 0 aliphatic rings. The van der Waals surface area contributed by atoms with E-state index in [9.17, 15) is 0 Å². The Kier molecular flexibility index (Phi) is 2.22. The van der Waals surface area contributed by atoms with Crippen LogP contribution in [0.3, 0.4) is 0 Å². The fraction of sp³-hybridized carbons (Fsp3) is 0.182. The van der Waals surface area contributed by atoms with Crippen LogP contribution in [0, 0.1) is 25.2 Å². The van der Waals surface area contributed by atoms with Crippen LogP contribution in [0.5, 0.6) is 0 Å². The number of aromatic nitrogens is 3. The van der Waals surface area contributed by atoms with E-state index in [0.29, 0.717) is 5.56 Å². The molecule has 0 N–H and O–H groups in total. The van der Waals surface area contributed by atoms with Crippen molar-refractivity contribution in [3.8, 4) is 11.8 Å². The largest absolute Gasteiger partial charge is 0.218 e. The molecule has 2 rings (SSSR count). The van der Waals surface area contributed by atoms with Crippen molar-refractivity contribution in [3.63, 3.8) is 0 Å². The predicted molar refractivity (Wildman–Crippen MR) is 55.5 cm³/mol. The van der Waals surface area contributed by atoms with Gasteiger partial charge in [0.15, 0.2) is 0 Å². The molecule has 0 radical (unpaired) electrons. The lowest BCUT2D eigenvalue weighted by Crippen LogP contribution is -1.99. The van der Waals surface area contributed by atoms with Gasteiger partial charge in [-0.1, -0.05) is 6.07 Å². The zero-order valence-electron chi connectivity index (χ0n) is 8.60. The van der Waals surface area contributed by atoms with E-state index in [4.69, 9.17) is 5.26 Å². The second-order valence-electron chi connectivity index (χ2n) is 3.28. The van der Waals surface area contributed by atoms with E-state index in [1.165, 1.54) is 0 Å². The van der Waals surface area contributed by atoms with Gasteiger partial charge in [0.05, 0.1) is 17.3 Å². The van der Waals surface area contributed by atoms with Gasteiger partial charge in [-0.05, 0) is 32.0 Å². The average molecular weight is 198 g/mol. The molecule has 0 aliphatic heterocycles. The molecule has 1 aromatic carbocycles. The number of nitriles is 1. The minimum absolute atomic E-state index is 0.625. The molecule has 0 fully saturated rings. The minimum Gasteiger partial charge on any atom is -0.218 e. The van der Waals surface area contributed by atoms with Crippen LogP contribution in [0.2, 0.25) is 0 Å². The Morgan fingerprint density at radius 2 is 2.13 bits per heavy atom. The molecule has 1 heterocycles. The molecule has 0 atom stereocenters. The van der Waals surface area contributed by atoms with Gasteiger partial charge in [0, 0.05) is 0 Å². The molecule has 2 aromatic rings. The second-order valence-corrected chi connectivity index (χ2v) is 3.28. The summed E-state index contributed by atoms with van der Waals surface area (Å²) in [6.45, 7) is 3.73. The summed E-state index contributed by atoms with van der Waals surface area (Å²) < 4.78 is 1.73. The van der Waals surface area contributed by atoms with Crippen molar-refractivity contribution < 1.29 is 0 Å². The van der Waals surface area contributed by atoms with E-state index in [0.717, 1.165) is 17.3 Å². The van der Waals surface area contributed by atoms with E-state index >= 15 is 0 Å². The van der Waals surface area contributed by atoms with Crippen LogP contribution < -0.4 is 0 Å². The molecular formula is C11H10N4. The molecule has 0 aliphatic carbocycles. The van der Waals surface area contributed by atoms with Gasteiger partial charge in [-0.15, -0.1) is 0 Å². The van der Waals surface area contributed by atoms with E-state index in [1.54, 1.807) is 16.8 Å². The van der Waals surface area contributed by atoms with Crippen molar-refractivity contribution in [1.29, 1.82) is 5.26 Å². The Morgan fingerprint density at radius 3 is 2.73 bits per heavy atom. The number of aryl methyl sites for hydroxylation is 2. The first-order valence-electron chi connectivity index (χ1n) is 4.61. The van der Waals surface area contributed by atoms with Crippen molar-refractivity contribution in [2.75, 3.05) is 0 Å². The van der Waals surface area contributed by atoms with Gasteiger partial charge in [-0.25, -0.2) is 9.67 Å². The number of hydrogen-bond acceptors (Lipinski definition) is 3. The Bertz CT molecular complexity index is 534. The highest BCUT2D eigenvalue weighted by molar-refractivity contribution is 5.41. The lowest BCUT2D eigenvalue weighted by molar-refractivity contribution is 0.831. The normalized spacial score (nSPS) is 9.93. The van der Waals surface area contributed by atoms with Crippen molar-refractivity contribution in [1.82, 2.24) is 14.8 Å². The van der Waals surface area contributed by atoms with Gasteiger partial charge in [0.1, 0.15) is 11.6 Å². The van der Waals surface area contributed by atoms with Crippen LogP contribution in [0.1, 0.15) is 17.2 Å². The molecule has 0 unspecified atom stereocenters. The molecule has 4 nitrogen and oxygen atoms in total. The minimum atomic E-state index is 0.625. The molecular weight excluding hydrogens is 188 g/mol. The van der Waals surface area contributed by atoms with Gasteiger partial charge in [0.25, 0.3) is 0 Å². The van der Waals surface area contributed by atoms with Gasteiger partial charge < -0.3 is 0 Å². The monoisotopic (exact) mass is 198 g/mol. The Labute approximate surface area is 87.8 Å². The summed E-state index contributed by atoms with van der Waals surface area (Å²) in [5.74, 6) is 1.55. The zero-order chi connectivity index (χ0) is 10.8. The number of rotatable bonds is 1. The molecule has 15 heavy (non-hydrogen) atoms. The molecule has 0 bridgehead atoms. The maximum atomic E-state index is 8.79. The second kappa shape index (κ2) is 3.54. The van der Waals surface area contributed by atoms with Crippen LogP contribution in [0.25, 0.3) is 5.69 Å². The standard InChI is InChI=1S/C11H10N4/c1-8-13-9(2)15(14-8)11-5-3-4-10(6-11)7-12/h3-6H,1-2H3. The number of hydrogen-bond donors (Lipinski definition) is 0. The van der Waals surface area contributed by atoms with Crippen LogP contribution in [-0.4, -0.2) is 14.8 Å². The summed E-state index contributed by atoms with van der Waals surface area (Å²) in [6.07, 6.45) is 0. The van der Waals surface area contributed by atoms with Crippen LogP contribution in [-0.2, 0) is 0 Å². The quantitative estimate of drug-likeness (QED) is 0.701. The van der Waals surface area contributed by atoms with E-state index in [2.05, 4.69) is 16.2 Å². The topological polar surface area (TPSA) is 54.5 Å². The highest BCUT2D eigenvalue weighted by Gasteiger charge is 2.04. The molecule has 74 valence electrons. The van der Waals surface area contributed by atoms with E-state index in [-0.39, 0.29) is 0 Å². The Morgan fingerprint density at radius 1 is 1.33 bits per heavy atom. The fourth-order valence-corrected chi connectivity index (χ4v) is 1.47. The zero-order valence-corrected chi connectivity index (χ0v) is 8.60. The molecule has 4 heteroatoms. The summed E-state index contributed by atoms with van der Waals surface area (Å²) in [5.41, 5.74) is 1.49. The van der Waals surface area contributed by atoms with Crippen LogP contribution in [0.4, 0.5) is 0 Å². The van der Waals surface area contributed by atoms with Crippen molar-refractivity contribution >= 4 is 0 Å². The lowest BCUT2D eigenvalue weighted by atomic mass is 10.2. The summed E-state index contributed by atoms with van der Waals surface area (Å²) in [4.78, 5) is 4.21. The molecule has 0 spiro atoms. The fourth-order valence-electron chi connectivity index (χ4n) is 1.47. The SMILES string of the molecule is Cc1nc(C)n(-c2cccc(C#N)c2)n1. The van der Waals surface area contributed by atoms with E-state index < -0.39 is 0 Å². The lowest BCUT2D eigenvalue weighted by Gasteiger charge is -2.02.